The van der Waals surface area contributed by atoms with Crippen LogP contribution < -0.4 is 16.4 Å². The fourth-order valence-electron chi connectivity index (χ4n) is 3.04. The van der Waals surface area contributed by atoms with E-state index in [0.29, 0.717) is 5.96 Å². The van der Waals surface area contributed by atoms with Crippen molar-refractivity contribution >= 4 is 11.7 Å². The van der Waals surface area contributed by atoms with Crippen molar-refractivity contribution in [1.29, 1.82) is 0 Å². The van der Waals surface area contributed by atoms with Gasteiger partial charge in [-0.1, -0.05) is 48.5 Å². The summed E-state index contributed by atoms with van der Waals surface area (Å²) in [7, 11) is 0. The second-order valence-corrected chi connectivity index (χ2v) is 6.46. The predicted molar refractivity (Wildman–Crippen MR) is 105 cm³/mol. The molecular weight excluding hydrogens is 308 g/mol. The fraction of sp³-hybridized carbons (Fsp3) is 0.286. The molecule has 1 atom stereocenters. The number of nitrogens with one attached hydrogen (secondary N) is 2. The largest absolute Gasteiger partial charge is 0.370 e. The molecule has 1 heterocycles. The van der Waals surface area contributed by atoms with Gasteiger partial charge in [0.25, 0.3) is 0 Å². The minimum atomic E-state index is 0.00295. The fourth-order valence-corrected chi connectivity index (χ4v) is 3.04. The van der Waals surface area contributed by atoms with Crippen LogP contribution in [0, 0.1) is 13.8 Å². The van der Waals surface area contributed by atoms with E-state index < -0.39 is 0 Å². The quantitative estimate of drug-likeness (QED) is 0.711. The van der Waals surface area contributed by atoms with E-state index in [-0.39, 0.29) is 6.17 Å². The van der Waals surface area contributed by atoms with Crippen molar-refractivity contribution in [2.45, 2.75) is 32.9 Å². The number of hydrogen-bond donors (Lipinski definition) is 3. The maximum atomic E-state index is 5.99. The van der Waals surface area contributed by atoms with Gasteiger partial charge in [0.15, 0.2) is 5.96 Å². The highest BCUT2D eigenvalue weighted by Crippen LogP contribution is 2.24. The maximum Gasteiger partial charge on any atom is 0.195 e. The summed E-state index contributed by atoms with van der Waals surface area (Å²) in [5, 5.41) is 6.70. The third-order valence-electron chi connectivity index (χ3n) is 4.60. The molecule has 130 valence electrons. The van der Waals surface area contributed by atoms with E-state index in [9.17, 15) is 0 Å². The van der Waals surface area contributed by atoms with Crippen molar-refractivity contribution in [3.05, 3.63) is 76.9 Å². The van der Waals surface area contributed by atoms with E-state index in [4.69, 9.17) is 5.73 Å². The van der Waals surface area contributed by atoms with Crippen molar-refractivity contribution in [2.75, 3.05) is 6.54 Å². The Balaban J connectivity index is 1.62. The molecule has 1 unspecified atom stereocenters. The molecule has 0 aliphatic carbocycles. The van der Waals surface area contributed by atoms with Crippen molar-refractivity contribution in [2.24, 2.45) is 10.7 Å². The Kier molecular flexibility index (Phi) is 5.51. The van der Waals surface area contributed by atoms with E-state index in [1.54, 1.807) is 0 Å². The van der Waals surface area contributed by atoms with Gasteiger partial charge in [0.1, 0.15) is 6.17 Å². The summed E-state index contributed by atoms with van der Waals surface area (Å²) in [6.07, 6.45) is 4.26. The summed E-state index contributed by atoms with van der Waals surface area (Å²) in [6, 6.07) is 16.8. The molecule has 0 amide bonds. The molecule has 0 spiro atoms. The molecule has 0 radical (unpaired) electrons. The van der Waals surface area contributed by atoms with E-state index in [1.807, 2.05) is 0 Å². The zero-order chi connectivity index (χ0) is 17.6. The van der Waals surface area contributed by atoms with E-state index >= 15 is 0 Å². The standard InChI is InChI=1S/C21H26N4/c1-15-8-6-12-18(16(15)2)19-14-20(25-21(22)24-19)23-13-7-11-17-9-4-3-5-10-17/h3-6,8-10,12,14,20,23H,7,11,13H2,1-2H3,(H3,22,24,25). The molecule has 0 saturated heterocycles. The van der Waals surface area contributed by atoms with Gasteiger partial charge in [0, 0.05) is 5.56 Å². The van der Waals surface area contributed by atoms with Crippen LogP contribution in [0.15, 0.2) is 59.6 Å². The average Bonchev–Trinajstić information content (AvgIpc) is 2.61. The number of hydrogen-bond acceptors (Lipinski definition) is 4. The number of aryl methyl sites for hydroxylation is 2. The average molecular weight is 334 g/mol. The summed E-state index contributed by atoms with van der Waals surface area (Å²) in [5.41, 5.74) is 11.9. The van der Waals surface area contributed by atoms with Gasteiger partial charge in [-0.25, -0.2) is 4.99 Å². The lowest BCUT2D eigenvalue weighted by molar-refractivity contribution is 0.546. The Morgan fingerprint density at radius 1 is 1.08 bits per heavy atom. The molecule has 2 aromatic rings. The minimum absolute atomic E-state index is 0.00295. The topological polar surface area (TPSA) is 62.4 Å². The van der Waals surface area contributed by atoms with Crippen LogP contribution in [0.4, 0.5) is 0 Å². The minimum Gasteiger partial charge on any atom is -0.370 e. The molecule has 4 N–H and O–H groups in total. The normalized spacial score (nSPS) is 16.8. The molecule has 0 saturated carbocycles. The zero-order valence-corrected chi connectivity index (χ0v) is 14.9. The summed E-state index contributed by atoms with van der Waals surface area (Å²) in [6.45, 7) is 5.16. The molecule has 0 fully saturated rings. The molecule has 1 aliphatic heterocycles. The van der Waals surface area contributed by atoms with Crippen molar-refractivity contribution < 1.29 is 0 Å². The van der Waals surface area contributed by atoms with Gasteiger partial charge in [-0.3, -0.25) is 5.32 Å². The second-order valence-electron chi connectivity index (χ2n) is 6.46. The van der Waals surface area contributed by atoms with Gasteiger partial charge in [0.05, 0.1) is 5.70 Å². The van der Waals surface area contributed by atoms with Crippen LogP contribution in [0.3, 0.4) is 0 Å². The van der Waals surface area contributed by atoms with E-state index in [0.717, 1.165) is 30.6 Å². The second kappa shape index (κ2) is 7.99. The summed E-state index contributed by atoms with van der Waals surface area (Å²) in [4.78, 5) is 4.48. The summed E-state index contributed by atoms with van der Waals surface area (Å²) in [5.74, 6) is 0.457. The highest BCUT2D eigenvalue weighted by atomic mass is 15.2. The Bertz CT molecular complexity index is 778. The van der Waals surface area contributed by atoms with Crippen LogP contribution in [0.2, 0.25) is 0 Å². The Hall–Kier alpha value is -2.59. The summed E-state index contributed by atoms with van der Waals surface area (Å²) >= 11 is 0. The number of nitrogens with zero attached hydrogens (tertiary/aromatic N) is 1. The van der Waals surface area contributed by atoms with E-state index in [1.165, 1.54) is 16.7 Å². The van der Waals surface area contributed by atoms with Gasteiger partial charge in [0.2, 0.25) is 0 Å². The van der Waals surface area contributed by atoms with Crippen LogP contribution >= 0.6 is 0 Å². The van der Waals surface area contributed by atoms with Crippen LogP contribution in [0.1, 0.15) is 28.7 Å². The highest BCUT2D eigenvalue weighted by molar-refractivity contribution is 5.88. The first-order valence-electron chi connectivity index (χ1n) is 8.80. The number of aliphatic imine (C=N–C) groups is 1. The number of benzene rings is 2. The smallest absolute Gasteiger partial charge is 0.195 e. The number of rotatable bonds is 6. The molecule has 25 heavy (non-hydrogen) atoms. The van der Waals surface area contributed by atoms with Gasteiger partial charge in [-0.2, -0.15) is 0 Å². The van der Waals surface area contributed by atoms with E-state index in [2.05, 4.69) is 84.1 Å². The van der Waals surface area contributed by atoms with Crippen molar-refractivity contribution in [1.82, 2.24) is 10.6 Å². The van der Waals surface area contributed by atoms with Gasteiger partial charge >= 0.3 is 0 Å². The molecule has 3 rings (SSSR count). The first-order chi connectivity index (χ1) is 12.1. The molecule has 0 aromatic heterocycles. The Labute approximate surface area is 149 Å². The molecule has 0 bridgehead atoms. The Morgan fingerprint density at radius 3 is 2.68 bits per heavy atom. The van der Waals surface area contributed by atoms with Crippen LogP contribution in [0.25, 0.3) is 5.70 Å². The third-order valence-corrected chi connectivity index (χ3v) is 4.60. The van der Waals surface area contributed by atoms with Crippen molar-refractivity contribution in [3.8, 4) is 0 Å². The van der Waals surface area contributed by atoms with Gasteiger partial charge < -0.3 is 11.1 Å². The molecule has 2 aromatic carbocycles. The number of nitrogens with two attached hydrogens (primary N) is 1. The Morgan fingerprint density at radius 2 is 1.88 bits per heavy atom. The van der Waals surface area contributed by atoms with Crippen LogP contribution in [-0.4, -0.2) is 18.7 Å². The van der Waals surface area contributed by atoms with Crippen molar-refractivity contribution in [3.63, 3.8) is 0 Å². The lowest BCUT2D eigenvalue weighted by Gasteiger charge is -2.23. The van der Waals surface area contributed by atoms with Gasteiger partial charge in [-0.15, -0.1) is 0 Å². The van der Waals surface area contributed by atoms with Crippen LogP contribution in [0.5, 0.6) is 0 Å². The summed E-state index contributed by atoms with van der Waals surface area (Å²) < 4.78 is 0. The first-order valence-corrected chi connectivity index (χ1v) is 8.80. The predicted octanol–water partition coefficient (Wildman–Crippen LogP) is 3.11. The van der Waals surface area contributed by atoms with Gasteiger partial charge in [-0.05, 0) is 56.0 Å². The number of guanidine groups is 1. The maximum absolute atomic E-state index is 5.99. The SMILES string of the molecule is Cc1cccc(C2=CC(NCCCc3ccccc3)NC(N)=N2)c1C. The molecule has 4 nitrogen and oxygen atoms in total. The first kappa shape index (κ1) is 17.2. The lowest BCUT2D eigenvalue weighted by Crippen LogP contribution is -2.49. The third kappa shape index (κ3) is 4.48. The molecule has 4 heteroatoms. The molecular formula is C21H26N4. The monoisotopic (exact) mass is 334 g/mol. The van der Waals surface area contributed by atoms with Crippen LogP contribution in [-0.2, 0) is 6.42 Å². The molecule has 1 aliphatic rings. The lowest BCUT2D eigenvalue weighted by atomic mass is 10.00. The highest BCUT2D eigenvalue weighted by Gasteiger charge is 2.16. The zero-order valence-electron chi connectivity index (χ0n) is 14.9.